The first kappa shape index (κ1) is 14.0. The maximum Gasteiger partial charge on any atom is 0.226 e. The van der Waals surface area contributed by atoms with Crippen molar-refractivity contribution in [2.45, 2.75) is 38.4 Å². The fourth-order valence-corrected chi connectivity index (χ4v) is 3.51. The van der Waals surface area contributed by atoms with Crippen molar-refractivity contribution < 1.29 is 4.42 Å². The van der Waals surface area contributed by atoms with Gasteiger partial charge in [-0.1, -0.05) is 18.2 Å². The third kappa shape index (κ3) is 2.55. The molecule has 0 spiro atoms. The van der Waals surface area contributed by atoms with Gasteiger partial charge in [0.05, 0.1) is 17.7 Å². The van der Waals surface area contributed by atoms with Crippen LogP contribution in [0.4, 0.5) is 0 Å². The Balaban J connectivity index is 1.30. The number of nitrogens with zero attached hydrogens (tertiary/aromatic N) is 4. The Labute approximate surface area is 141 Å². The van der Waals surface area contributed by atoms with Gasteiger partial charge in [0.25, 0.3) is 0 Å². The van der Waals surface area contributed by atoms with Crippen LogP contribution in [-0.4, -0.2) is 26.0 Å². The zero-order chi connectivity index (χ0) is 15.9. The topological polar surface area (TPSA) is 47.1 Å². The molecule has 2 aromatic heterocycles. The summed E-state index contributed by atoms with van der Waals surface area (Å²) in [4.78, 5) is 11.7. The van der Waals surface area contributed by atoms with Gasteiger partial charge in [-0.25, -0.2) is 9.97 Å². The van der Waals surface area contributed by atoms with Gasteiger partial charge in [0, 0.05) is 43.4 Å². The number of oxazole rings is 1. The highest BCUT2D eigenvalue weighted by molar-refractivity contribution is 5.52. The molecule has 0 N–H and O–H groups in total. The second-order valence-corrected chi connectivity index (χ2v) is 6.75. The van der Waals surface area contributed by atoms with E-state index in [-0.39, 0.29) is 0 Å². The number of hydrogen-bond acceptors (Lipinski definition) is 4. The molecular weight excluding hydrogens is 300 g/mol. The van der Waals surface area contributed by atoms with Crippen molar-refractivity contribution >= 4 is 0 Å². The molecule has 1 fully saturated rings. The number of hydrogen-bond donors (Lipinski definition) is 0. The van der Waals surface area contributed by atoms with E-state index in [0.717, 1.165) is 43.4 Å². The fourth-order valence-electron chi connectivity index (χ4n) is 3.51. The fraction of sp³-hybridized carbons (Fsp3) is 0.368. The molecule has 0 saturated heterocycles. The highest BCUT2D eigenvalue weighted by Gasteiger charge is 2.29. The molecule has 2 aliphatic rings. The van der Waals surface area contributed by atoms with Gasteiger partial charge in [0.1, 0.15) is 6.26 Å². The van der Waals surface area contributed by atoms with Crippen molar-refractivity contribution in [3.63, 3.8) is 0 Å². The minimum absolute atomic E-state index is 0.696. The Bertz CT molecular complexity index is 847. The van der Waals surface area contributed by atoms with E-state index in [4.69, 9.17) is 4.42 Å². The van der Waals surface area contributed by atoms with Gasteiger partial charge in [0.2, 0.25) is 5.89 Å². The number of benzene rings is 1. The lowest BCUT2D eigenvalue weighted by atomic mass is 10.1. The summed E-state index contributed by atoms with van der Waals surface area (Å²) in [7, 11) is 0. The monoisotopic (exact) mass is 320 g/mol. The largest absolute Gasteiger partial charge is 0.444 e. The molecule has 24 heavy (non-hydrogen) atoms. The Morgan fingerprint density at radius 2 is 2.04 bits per heavy atom. The van der Waals surface area contributed by atoms with E-state index in [1.165, 1.54) is 24.2 Å². The molecule has 1 aromatic carbocycles. The number of fused-ring (bicyclic) bond motifs is 1. The summed E-state index contributed by atoms with van der Waals surface area (Å²) in [6.07, 6.45) is 7.52. The van der Waals surface area contributed by atoms with Crippen molar-refractivity contribution in [3.8, 4) is 11.5 Å². The number of aromatic nitrogens is 3. The molecule has 1 aliphatic heterocycles. The Morgan fingerprint density at radius 3 is 2.88 bits per heavy atom. The SMILES string of the molecule is c1ccc(-c2nc(CN3CCc4c(ncn4C4CC4)C3)co2)cc1. The molecule has 3 aromatic rings. The third-order valence-electron chi connectivity index (χ3n) is 4.92. The summed E-state index contributed by atoms with van der Waals surface area (Å²) in [6.45, 7) is 2.77. The van der Waals surface area contributed by atoms with E-state index in [1.54, 1.807) is 6.26 Å². The van der Waals surface area contributed by atoms with Crippen molar-refractivity contribution in [2.75, 3.05) is 6.54 Å². The Kier molecular flexibility index (Phi) is 3.26. The maximum absolute atomic E-state index is 5.65. The lowest BCUT2D eigenvalue weighted by Crippen LogP contribution is -2.31. The molecule has 0 unspecified atom stereocenters. The highest BCUT2D eigenvalue weighted by atomic mass is 16.3. The standard InChI is InChI=1S/C19H20N4O/c1-2-4-14(5-3-1)19-21-15(12-24-19)10-22-9-8-18-17(11-22)20-13-23(18)16-6-7-16/h1-5,12-13,16H,6-11H2. The van der Waals surface area contributed by atoms with Crippen LogP contribution in [0.3, 0.4) is 0 Å². The van der Waals surface area contributed by atoms with Crippen LogP contribution in [0.15, 0.2) is 47.3 Å². The molecule has 0 radical (unpaired) electrons. The predicted molar refractivity (Wildman–Crippen MR) is 90.3 cm³/mol. The Morgan fingerprint density at radius 1 is 1.17 bits per heavy atom. The van der Waals surface area contributed by atoms with E-state index >= 15 is 0 Å². The molecule has 122 valence electrons. The molecule has 0 amide bonds. The van der Waals surface area contributed by atoms with Gasteiger partial charge in [-0.2, -0.15) is 0 Å². The smallest absolute Gasteiger partial charge is 0.226 e. The molecule has 5 heteroatoms. The molecule has 1 saturated carbocycles. The maximum atomic E-state index is 5.65. The van der Waals surface area contributed by atoms with Crippen LogP contribution >= 0.6 is 0 Å². The molecule has 5 nitrogen and oxygen atoms in total. The molecule has 1 aliphatic carbocycles. The first-order valence-corrected chi connectivity index (χ1v) is 8.63. The van der Waals surface area contributed by atoms with Crippen LogP contribution < -0.4 is 0 Å². The Hall–Kier alpha value is -2.40. The number of imidazole rings is 1. The molecule has 0 bridgehead atoms. The van der Waals surface area contributed by atoms with Crippen molar-refractivity contribution in [3.05, 3.63) is 60.0 Å². The van der Waals surface area contributed by atoms with Crippen LogP contribution in [0.1, 0.15) is 36.0 Å². The van der Waals surface area contributed by atoms with Gasteiger partial charge in [-0.05, 0) is 25.0 Å². The first-order chi connectivity index (χ1) is 11.9. The molecule has 5 rings (SSSR count). The van der Waals surface area contributed by atoms with Crippen molar-refractivity contribution in [1.29, 1.82) is 0 Å². The van der Waals surface area contributed by atoms with Crippen LogP contribution in [0, 0.1) is 0 Å². The molecule has 0 atom stereocenters. The average Bonchev–Trinajstić information content (AvgIpc) is 3.21. The van der Waals surface area contributed by atoms with Crippen molar-refractivity contribution in [2.24, 2.45) is 0 Å². The predicted octanol–water partition coefficient (Wildman–Crippen LogP) is 3.43. The van der Waals surface area contributed by atoms with E-state index in [0.29, 0.717) is 5.89 Å². The number of rotatable bonds is 4. The second kappa shape index (κ2) is 5.60. The van der Waals surface area contributed by atoms with Crippen molar-refractivity contribution in [1.82, 2.24) is 19.4 Å². The van der Waals surface area contributed by atoms with Gasteiger partial charge in [0.15, 0.2) is 0 Å². The van der Waals surface area contributed by atoms with Gasteiger partial charge in [-0.3, -0.25) is 4.90 Å². The summed E-state index contributed by atoms with van der Waals surface area (Å²) in [5.74, 6) is 0.696. The summed E-state index contributed by atoms with van der Waals surface area (Å²) in [5, 5.41) is 0. The summed E-state index contributed by atoms with van der Waals surface area (Å²) in [6, 6.07) is 10.8. The van der Waals surface area contributed by atoms with Gasteiger partial charge >= 0.3 is 0 Å². The lowest BCUT2D eigenvalue weighted by Gasteiger charge is -2.26. The van der Waals surface area contributed by atoms with E-state index in [9.17, 15) is 0 Å². The zero-order valence-corrected chi connectivity index (χ0v) is 13.6. The summed E-state index contributed by atoms with van der Waals surface area (Å²) < 4.78 is 8.05. The molecule has 3 heterocycles. The lowest BCUT2D eigenvalue weighted by molar-refractivity contribution is 0.236. The van der Waals surface area contributed by atoms with E-state index in [1.807, 2.05) is 36.7 Å². The zero-order valence-electron chi connectivity index (χ0n) is 13.6. The van der Waals surface area contributed by atoms with Gasteiger partial charge < -0.3 is 8.98 Å². The van der Waals surface area contributed by atoms with Crippen LogP contribution in [0.2, 0.25) is 0 Å². The summed E-state index contributed by atoms with van der Waals surface area (Å²) in [5.41, 5.74) is 4.69. The first-order valence-electron chi connectivity index (χ1n) is 8.63. The minimum atomic E-state index is 0.696. The normalized spacial score (nSPS) is 17.8. The quantitative estimate of drug-likeness (QED) is 0.739. The van der Waals surface area contributed by atoms with Crippen LogP contribution in [0.25, 0.3) is 11.5 Å². The molecular formula is C19H20N4O. The summed E-state index contributed by atoms with van der Waals surface area (Å²) >= 11 is 0. The van der Waals surface area contributed by atoms with Crippen LogP contribution in [-0.2, 0) is 19.5 Å². The highest BCUT2D eigenvalue weighted by Crippen LogP contribution is 2.37. The van der Waals surface area contributed by atoms with E-state index in [2.05, 4.69) is 19.4 Å². The average molecular weight is 320 g/mol. The minimum Gasteiger partial charge on any atom is -0.444 e. The van der Waals surface area contributed by atoms with Gasteiger partial charge in [-0.15, -0.1) is 0 Å². The third-order valence-corrected chi connectivity index (χ3v) is 4.92. The van der Waals surface area contributed by atoms with Crippen LogP contribution in [0.5, 0.6) is 0 Å². The van der Waals surface area contributed by atoms with E-state index < -0.39 is 0 Å². The second-order valence-electron chi connectivity index (χ2n) is 6.75.